The molecule has 0 aliphatic heterocycles. The van der Waals surface area contributed by atoms with Crippen LogP contribution in [0.2, 0.25) is 0 Å². The smallest absolute Gasteiger partial charge is 0.462 e. The quantitative estimate of drug-likeness (QED) is 0.0290. The van der Waals surface area contributed by atoms with Crippen LogP contribution in [0.3, 0.4) is 0 Å². The van der Waals surface area contributed by atoms with Gasteiger partial charge in [0.15, 0.2) is 6.10 Å². The second-order valence-corrected chi connectivity index (χ2v) is 13.5. The summed E-state index contributed by atoms with van der Waals surface area (Å²) in [5.74, 6) is -0.895. The normalized spacial score (nSPS) is 14.1. The highest BCUT2D eigenvalue weighted by Gasteiger charge is 2.25. The molecule has 2 atom stereocenters. The first-order valence-corrected chi connectivity index (χ1v) is 20.3. The van der Waals surface area contributed by atoms with Crippen molar-refractivity contribution in [3.63, 3.8) is 0 Å². The maximum Gasteiger partial charge on any atom is 0.472 e. The minimum Gasteiger partial charge on any atom is -0.462 e. The van der Waals surface area contributed by atoms with E-state index in [9.17, 15) is 19.0 Å². The van der Waals surface area contributed by atoms with Gasteiger partial charge in [-0.1, -0.05) is 113 Å². The molecule has 0 aromatic carbocycles. The van der Waals surface area contributed by atoms with E-state index in [0.29, 0.717) is 12.8 Å². The SMILES string of the molecule is CC/C=C/C/C=C/C/C=C/C/C=C/CCCCC(=O)OC[C@H](COP(=O)(O)OCCN)OC(=O)CCCCCCC/C=C/CCCCCC. The molecule has 0 saturated heterocycles. The van der Waals surface area contributed by atoms with Crippen LogP contribution in [-0.2, 0) is 32.7 Å². The van der Waals surface area contributed by atoms with Gasteiger partial charge in [-0.15, -0.1) is 0 Å². The van der Waals surface area contributed by atoms with E-state index in [0.717, 1.165) is 77.0 Å². The number of carbonyl (C=O) groups is 2. The number of unbranched alkanes of at least 4 members (excludes halogenated alkanes) is 11. The van der Waals surface area contributed by atoms with Gasteiger partial charge in [0.1, 0.15) is 6.61 Å². The van der Waals surface area contributed by atoms with Gasteiger partial charge in [0.2, 0.25) is 0 Å². The molecular weight excluding hydrogens is 641 g/mol. The molecule has 0 aliphatic carbocycles. The van der Waals surface area contributed by atoms with Crippen LogP contribution in [0.4, 0.5) is 0 Å². The lowest BCUT2D eigenvalue weighted by molar-refractivity contribution is -0.161. The molecule has 0 bridgehead atoms. The van der Waals surface area contributed by atoms with Crippen LogP contribution in [0.25, 0.3) is 0 Å². The molecule has 0 amide bonds. The number of phosphoric ester groups is 1. The van der Waals surface area contributed by atoms with Crippen molar-refractivity contribution in [1.82, 2.24) is 0 Å². The van der Waals surface area contributed by atoms with Crippen LogP contribution in [-0.4, -0.2) is 49.3 Å². The standard InChI is InChI=1S/C39H68NO8P/c1-3-5-7-9-11-13-15-17-18-20-21-23-25-27-29-31-38(41)45-35-37(36-47-49(43,44)46-34-33-40)48-39(42)32-30-28-26-24-22-19-16-14-12-10-8-6-4-2/h5,7,11,13-14,16-18,21,23,37H,3-4,6,8-10,12,15,19-20,22,24-36,40H2,1-2H3,(H,43,44)/b7-5+,13-11+,16-14+,18-17+,23-21+/t37-/m1/s1. The summed E-state index contributed by atoms with van der Waals surface area (Å²) < 4.78 is 32.6. The van der Waals surface area contributed by atoms with Crippen molar-refractivity contribution in [3.05, 3.63) is 60.8 Å². The van der Waals surface area contributed by atoms with E-state index in [2.05, 4.69) is 74.6 Å². The predicted octanol–water partition coefficient (Wildman–Crippen LogP) is 10.2. The molecule has 0 rings (SSSR count). The molecule has 0 aromatic rings. The summed E-state index contributed by atoms with van der Waals surface area (Å²) in [6.45, 7) is 3.51. The Kier molecular flexibility index (Phi) is 33.9. The molecular formula is C39H68NO8P. The van der Waals surface area contributed by atoms with E-state index >= 15 is 0 Å². The Balaban J connectivity index is 4.33. The van der Waals surface area contributed by atoms with Crippen molar-refractivity contribution in [2.24, 2.45) is 5.73 Å². The van der Waals surface area contributed by atoms with Gasteiger partial charge in [-0.3, -0.25) is 18.6 Å². The van der Waals surface area contributed by atoms with Crippen molar-refractivity contribution in [2.75, 3.05) is 26.4 Å². The summed E-state index contributed by atoms with van der Waals surface area (Å²) in [6.07, 6.45) is 39.7. The molecule has 9 nitrogen and oxygen atoms in total. The predicted molar refractivity (Wildman–Crippen MR) is 201 cm³/mol. The fourth-order valence-electron chi connectivity index (χ4n) is 4.62. The molecule has 0 saturated carbocycles. The molecule has 1 unspecified atom stereocenters. The van der Waals surface area contributed by atoms with Gasteiger partial charge in [-0.25, -0.2) is 4.57 Å². The lowest BCUT2D eigenvalue weighted by Gasteiger charge is -2.19. The largest absolute Gasteiger partial charge is 0.472 e. The van der Waals surface area contributed by atoms with Gasteiger partial charge >= 0.3 is 19.8 Å². The number of carbonyl (C=O) groups excluding carboxylic acids is 2. The lowest BCUT2D eigenvalue weighted by atomic mass is 10.1. The number of phosphoric acid groups is 1. The zero-order valence-electron chi connectivity index (χ0n) is 30.7. The van der Waals surface area contributed by atoms with Crippen LogP contribution < -0.4 is 5.73 Å². The minimum atomic E-state index is -4.38. The number of nitrogens with two attached hydrogens (primary N) is 1. The molecule has 3 N–H and O–H groups in total. The highest BCUT2D eigenvalue weighted by Crippen LogP contribution is 2.43. The zero-order valence-corrected chi connectivity index (χ0v) is 31.5. The lowest BCUT2D eigenvalue weighted by Crippen LogP contribution is -2.29. The average molecular weight is 710 g/mol. The number of ether oxygens (including phenoxy) is 2. The molecule has 0 aliphatic rings. The highest BCUT2D eigenvalue weighted by atomic mass is 31.2. The Morgan fingerprint density at radius 1 is 0.633 bits per heavy atom. The van der Waals surface area contributed by atoms with E-state index in [4.69, 9.17) is 24.3 Å². The number of hydrogen-bond acceptors (Lipinski definition) is 8. The second-order valence-electron chi connectivity index (χ2n) is 12.1. The van der Waals surface area contributed by atoms with E-state index in [1.165, 1.54) is 25.7 Å². The average Bonchev–Trinajstić information content (AvgIpc) is 3.08. The Bertz CT molecular complexity index is 992. The fraction of sp³-hybridized carbons (Fsp3) is 0.692. The summed E-state index contributed by atoms with van der Waals surface area (Å²) in [6, 6.07) is 0. The Hall–Kier alpha value is -2.29. The van der Waals surface area contributed by atoms with E-state index in [1.54, 1.807) is 0 Å². The molecule has 282 valence electrons. The summed E-state index contributed by atoms with van der Waals surface area (Å²) in [5.41, 5.74) is 5.32. The number of esters is 2. The van der Waals surface area contributed by atoms with Crippen LogP contribution >= 0.6 is 7.82 Å². The van der Waals surface area contributed by atoms with E-state index < -0.39 is 32.5 Å². The fourth-order valence-corrected chi connectivity index (χ4v) is 5.38. The maximum absolute atomic E-state index is 12.5. The van der Waals surface area contributed by atoms with Crippen LogP contribution in [0, 0.1) is 0 Å². The number of rotatable bonds is 34. The van der Waals surface area contributed by atoms with Gasteiger partial charge in [0, 0.05) is 19.4 Å². The van der Waals surface area contributed by atoms with Gasteiger partial charge in [-0.2, -0.15) is 0 Å². The van der Waals surface area contributed by atoms with E-state index in [1.807, 2.05) is 0 Å². The third kappa shape index (κ3) is 35.3. The van der Waals surface area contributed by atoms with Gasteiger partial charge < -0.3 is 20.1 Å². The highest BCUT2D eigenvalue weighted by molar-refractivity contribution is 7.47. The topological polar surface area (TPSA) is 134 Å². The molecule has 10 heteroatoms. The van der Waals surface area contributed by atoms with Crippen LogP contribution in [0.5, 0.6) is 0 Å². The monoisotopic (exact) mass is 709 g/mol. The first-order chi connectivity index (χ1) is 23.8. The molecule has 49 heavy (non-hydrogen) atoms. The molecule has 0 heterocycles. The van der Waals surface area contributed by atoms with Crippen molar-refractivity contribution >= 4 is 19.8 Å². The van der Waals surface area contributed by atoms with Crippen LogP contribution in [0.15, 0.2) is 60.8 Å². The van der Waals surface area contributed by atoms with E-state index in [-0.39, 0.29) is 32.6 Å². The minimum absolute atomic E-state index is 0.0437. The number of hydrogen-bond donors (Lipinski definition) is 2. The summed E-state index contributed by atoms with van der Waals surface area (Å²) in [4.78, 5) is 34.7. The maximum atomic E-state index is 12.5. The molecule has 0 radical (unpaired) electrons. The van der Waals surface area contributed by atoms with Crippen molar-refractivity contribution in [3.8, 4) is 0 Å². The van der Waals surface area contributed by atoms with Crippen molar-refractivity contribution < 1.29 is 37.6 Å². The van der Waals surface area contributed by atoms with Crippen molar-refractivity contribution in [1.29, 1.82) is 0 Å². The molecule has 0 spiro atoms. The van der Waals surface area contributed by atoms with Gasteiger partial charge in [0.05, 0.1) is 13.2 Å². The van der Waals surface area contributed by atoms with Crippen LogP contribution in [0.1, 0.15) is 142 Å². The summed E-state index contributed by atoms with van der Waals surface area (Å²) >= 11 is 0. The zero-order chi connectivity index (χ0) is 36.1. The Labute approximate surface area is 298 Å². The van der Waals surface area contributed by atoms with Crippen molar-refractivity contribution in [2.45, 2.75) is 148 Å². The van der Waals surface area contributed by atoms with Gasteiger partial charge in [0.25, 0.3) is 0 Å². The van der Waals surface area contributed by atoms with Gasteiger partial charge in [-0.05, 0) is 77.0 Å². The summed E-state index contributed by atoms with van der Waals surface area (Å²) in [5, 5.41) is 0. The molecule has 0 aromatic heterocycles. The first-order valence-electron chi connectivity index (χ1n) is 18.8. The summed E-state index contributed by atoms with van der Waals surface area (Å²) in [7, 11) is -4.38. The Morgan fingerprint density at radius 3 is 1.73 bits per heavy atom. The third-order valence-corrected chi connectivity index (χ3v) is 8.37. The third-order valence-electron chi connectivity index (χ3n) is 7.39. The first kappa shape index (κ1) is 46.7. The Morgan fingerprint density at radius 2 is 1.12 bits per heavy atom. The molecule has 0 fully saturated rings. The second kappa shape index (κ2) is 35.5. The number of allylic oxidation sites excluding steroid dienone is 10.